The van der Waals surface area contributed by atoms with Crippen molar-refractivity contribution in [1.29, 1.82) is 0 Å². The SMILES string of the molecule is CCC(C)(O)CNC(=O)c1ccc(Cl)c(F)c1. The van der Waals surface area contributed by atoms with E-state index in [1.165, 1.54) is 12.1 Å². The Balaban J connectivity index is 2.68. The van der Waals surface area contributed by atoms with Gasteiger partial charge in [0.1, 0.15) is 5.82 Å². The summed E-state index contributed by atoms with van der Waals surface area (Å²) >= 11 is 5.51. The average molecular weight is 260 g/mol. The molecule has 94 valence electrons. The third-order valence-electron chi connectivity index (χ3n) is 2.57. The van der Waals surface area contributed by atoms with Crippen LogP contribution in [0, 0.1) is 5.82 Å². The minimum atomic E-state index is -0.958. The first kappa shape index (κ1) is 13.9. The second-order valence-electron chi connectivity index (χ2n) is 4.16. The quantitative estimate of drug-likeness (QED) is 0.872. The molecule has 0 saturated carbocycles. The molecule has 0 fully saturated rings. The number of rotatable bonds is 4. The zero-order valence-corrected chi connectivity index (χ0v) is 10.5. The summed E-state index contributed by atoms with van der Waals surface area (Å²) in [5.74, 6) is -1.07. The average Bonchev–Trinajstić information content (AvgIpc) is 2.30. The molecule has 1 unspecified atom stereocenters. The van der Waals surface area contributed by atoms with E-state index in [-0.39, 0.29) is 17.1 Å². The number of amides is 1. The number of nitrogens with one attached hydrogen (secondary N) is 1. The molecular weight excluding hydrogens is 245 g/mol. The summed E-state index contributed by atoms with van der Waals surface area (Å²) < 4.78 is 13.1. The predicted molar refractivity (Wildman–Crippen MR) is 64.7 cm³/mol. The minimum Gasteiger partial charge on any atom is -0.388 e. The van der Waals surface area contributed by atoms with Crippen molar-refractivity contribution in [2.24, 2.45) is 0 Å². The highest BCUT2D eigenvalue weighted by atomic mass is 35.5. The fourth-order valence-corrected chi connectivity index (χ4v) is 1.25. The minimum absolute atomic E-state index is 0.0258. The van der Waals surface area contributed by atoms with Crippen molar-refractivity contribution in [2.75, 3.05) is 6.54 Å². The van der Waals surface area contributed by atoms with Gasteiger partial charge in [-0.25, -0.2) is 4.39 Å². The summed E-state index contributed by atoms with van der Waals surface area (Å²) in [4.78, 5) is 11.6. The highest BCUT2D eigenvalue weighted by Crippen LogP contribution is 2.15. The molecule has 1 atom stereocenters. The molecule has 0 aliphatic carbocycles. The molecule has 0 radical (unpaired) electrons. The second-order valence-corrected chi connectivity index (χ2v) is 4.57. The van der Waals surface area contributed by atoms with Crippen LogP contribution in [0.2, 0.25) is 5.02 Å². The van der Waals surface area contributed by atoms with E-state index in [0.29, 0.717) is 6.42 Å². The van der Waals surface area contributed by atoms with Crippen molar-refractivity contribution >= 4 is 17.5 Å². The van der Waals surface area contributed by atoms with E-state index in [0.717, 1.165) is 6.07 Å². The lowest BCUT2D eigenvalue weighted by molar-refractivity contribution is 0.0518. The van der Waals surface area contributed by atoms with E-state index >= 15 is 0 Å². The van der Waals surface area contributed by atoms with Gasteiger partial charge in [-0.05, 0) is 31.5 Å². The summed E-state index contributed by atoms with van der Waals surface area (Å²) in [7, 11) is 0. The molecule has 5 heteroatoms. The molecule has 0 heterocycles. The van der Waals surface area contributed by atoms with E-state index in [1.807, 2.05) is 6.92 Å². The Labute approximate surface area is 105 Å². The van der Waals surface area contributed by atoms with Gasteiger partial charge in [-0.1, -0.05) is 18.5 Å². The molecular formula is C12H15ClFNO2. The molecule has 0 bridgehead atoms. The van der Waals surface area contributed by atoms with Crippen LogP contribution in [0.25, 0.3) is 0 Å². The second kappa shape index (κ2) is 5.47. The zero-order valence-electron chi connectivity index (χ0n) is 9.76. The van der Waals surface area contributed by atoms with E-state index in [9.17, 15) is 14.3 Å². The van der Waals surface area contributed by atoms with Gasteiger partial charge in [-0.3, -0.25) is 4.79 Å². The molecule has 0 aliphatic heterocycles. The van der Waals surface area contributed by atoms with Gasteiger partial charge >= 0.3 is 0 Å². The van der Waals surface area contributed by atoms with Gasteiger partial charge in [0.2, 0.25) is 0 Å². The van der Waals surface area contributed by atoms with Crippen LogP contribution in [0.4, 0.5) is 4.39 Å². The number of aliphatic hydroxyl groups is 1. The maximum atomic E-state index is 13.1. The fourth-order valence-electron chi connectivity index (χ4n) is 1.14. The molecule has 3 nitrogen and oxygen atoms in total. The lowest BCUT2D eigenvalue weighted by atomic mass is 10.0. The Kier molecular flexibility index (Phi) is 4.48. The van der Waals surface area contributed by atoms with E-state index in [2.05, 4.69) is 5.32 Å². The van der Waals surface area contributed by atoms with Crippen LogP contribution in [0.5, 0.6) is 0 Å². The van der Waals surface area contributed by atoms with E-state index in [1.54, 1.807) is 6.92 Å². The van der Waals surface area contributed by atoms with Crippen molar-refractivity contribution < 1.29 is 14.3 Å². The zero-order chi connectivity index (χ0) is 13.1. The van der Waals surface area contributed by atoms with Crippen molar-refractivity contribution in [2.45, 2.75) is 25.9 Å². The Morgan fingerprint density at radius 2 is 2.24 bits per heavy atom. The normalized spacial score (nSPS) is 14.2. The summed E-state index contributed by atoms with van der Waals surface area (Å²) in [6.45, 7) is 3.55. The Bertz CT molecular complexity index is 421. The van der Waals surface area contributed by atoms with Gasteiger partial charge in [0.05, 0.1) is 10.6 Å². The summed E-state index contributed by atoms with van der Waals surface area (Å²) in [6.07, 6.45) is 0.516. The number of hydrogen-bond acceptors (Lipinski definition) is 2. The molecule has 1 aromatic carbocycles. The van der Waals surface area contributed by atoms with Gasteiger partial charge in [-0.15, -0.1) is 0 Å². The number of halogens is 2. The van der Waals surface area contributed by atoms with Crippen LogP contribution >= 0.6 is 11.6 Å². The molecule has 17 heavy (non-hydrogen) atoms. The van der Waals surface area contributed by atoms with Crippen LogP contribution in [0.1, 0.15) is 30.6 Å². The standard InChI is InChI=1S/C12H15ClFNO2/c1-3-12(2,17)7-15-11(16)8-4-5-9(13)10(14)6-8/h4-6,17H,3,7H2,1-2H3,(H,15,16). The number of hydrogen-bond donors (Lipinski definition) is 2. The highest BCUT2D eigenvalue weighted by Gasteiger charge is 2.19. The van der Waals surface area contributed by atoms with Gasteiger partial charge < -0.3 is 10.4 Å². The first-order valence-electron chi connectivity index (χ1n) is 5.31. The molecule has 1 amide bonds. The highest BCUT2D eigenvalue weighted by molar-refractivity contribution is 6.30. The largest absolute Gasteiger partial charge is 0.388 e. The molecule has 0 aromatic heterocycles. The monoisotopic (exact) mass is 259 g/mol. The number of carbonyl (C=O) groups is 1. The first-order valence-corrected chi connectivity index (χ1v) is 5.69. The van der Waals surface area contributed by atoms with Crippen molar-refractivity contribution in [3.8, 4) is 0 Å². The molecule has 2 N–H and O–H groups in total. The van der Waals surface area contributed by atoms with Gasteiger partial charge in [0, 0.05) is 12.1 Å². The molecule has 0 saturated heterocycles. The lowest BCUT2D eigenvalue weighted by Gasteiger charge is -2.21. The topological polar surface area (TPSA) is 49.3 Å². The first-order chi connectivity index (χ1) is 7.85. The maximum absolute atomic E-state index is 13.1. The van der Waals surface area contributed by atoms with Crippen molar-refractivity contribution in [3.63, 3.8) is 0 Å². The van der Waals surface area contributed by atoms with Crippen molar-refractivity contribution in [3.05, 3.63) is 34.6 Å². The summed E-state index contributed by atoms with van der Waals surface area (Å²) in [5, 5.41) is 12.2. The van der Waals surface area contributed by atoms with Crippen LogP contribution in [0.15, 0.2) is 18.2 Å². The third kappa shape index (κ3) is 3.98. The van der Waals surface area contributed by atoms with E-state index in [4.69, 9.17) is 11.6 Å². The van der Waals surface area contributed by atoms with Gasteiger partial charge in [0.15, 0.2) is 0 Å². The van der Waals surface area contributed by atoms with Crippen LogP contribution in [0.3, 0.4) is 0 Å². The summed E-state index contributed by atoms with van der Waals surface area (Å²) in [5.41, 5.74) is -0.778. The van der Waals surface area contributed by atoms with Crippen LogP contribution in [-0.4, -0.2) is 23.2 Å². The smallest absolute Gasteiger partial charge is 0.251 e. The Morgan fingerprint density at radius 1 is 1.59 bits per heavy atom. The molecule has 0 aliphatic rings. The third-order valence-corrected chi connectivity index (χ3v) is 2.88. The molecule has 1 aromatic rings. The lowest BCUT2D eigenvalue weighted by Crippen LogP contribution is -2.40. The maximum Gasteiger partial charge on any atom is 0.251 e. The summed E-state index contributed by atoms with van der Waals surface area (Å²) in [6, 6.07) is 3.82. The molecule has 0 spiro atoms. The number of carbonyl (C=O) groups excluding carboxylic acids is 1. The van der Waals surface area contributed by atoms with Crippen molar-refractivity contribution in [1.82, 2.24) is 5.32 Å². The number of benzene rings is 1. The molecule has 1 rings (SSSR count). The van der Waals surface area contributed by atoms with Gasteiger partial charge in [-0.2, -0.15) is 0 Å². The van der Waals surface area contributed by atoms with E-state index < -0.39 is 17.3 Å². The van der Waals surface area contributed by atoms with Gasteiger partial charge in [0.25, 0.3) is 5.91 Å². The van der Waals surface area contributed by atoms with Crippen LogP contribution < -0.4 is 5.32 Å². The Hall–Kier alpha value is -1.13. The fraction of sp³-hybridized carbons (Fsp3) is 0.417. The van der Waals surface area contributed by atoms with Crippen LogP contribution in [-0.2, 0) is 0 Å². The predicted octanol–water partition coefficient (Wildman–Crippen LogP) is 2.37. The Morgan fingerprint density at radius 3 is 2.76 bits per heavy atom.